The van der Waals surface area contributed by atoms with Gasteiger partial charge in [-0.1, -0.05) is 24.3 Å². The molecule has 1 aliphatic heterocycles. The van der Waals surface area contributed by atoms with E-state index in [2.05, 4.69) is 33.3 Å². The molecule has 0 saturated carbocycles. The Morgan fingerprint density at radius 3 is 2.76 bits per heavy atom. The Morgan fingerprint density at radius 2 is 1.92 bits per heavy atom. The van der Waals surface area contributed by atoms with Gasteiger partial charge in [-0.3, -0.25) is 4.79 Å². The maximum atomic E-state index is 13.1. The van der Waals surface area contributed by atoms with Crippen LogP contribution in [0.1, 0.15) is 35.6 Å². The first-order valence-electron chi connectivity index (χ1n) is 9.14. The van der Waals surface area contributed by atoms with Gasteiger partial charge in [0.1, 0.15) is 0 Å². The molecule has 1 aliphatic carbocycles. The molecule has 4 rings (SSSR count). The van der Waals surface area contributed by atoms with E-state index in [9.17, 15) is 4.79 Å². The Kier molecular flexibility index (Phi) is 4.38. The molecule has 2 aromatic rings. The third-order valence-corrected chi connectivity index (χ3v) is 5.35. The zero-order valence-corrected chi connectivity index (χ0v) is 14.7. The summed E-state index contributed by atoms with van der Waals surface area (Å²) in [5.74, 6) is 1.25. The molecule has 1 atom stereocenters. The Morgan fingerprint density at radius 1 is 1.04 bits per heavy atom. The zero-order valence-electron chi connectivity index (χ0n) is 14.7. The summed E-state index contributed by atoms with van der Waals surface area (Å²) < 4.78 is 0. The third-order valence-electron chi connectivity index (χ3n) is 5.35. The molecule has 1 amide bonds. The van der Waals surface area contributed by atoms with Crippen LogP contribution in [-0.2, 0) is 11.2 Å². The SMILES string of the molecule is Cc1ccc(N2CCCN(C(=O)[C@H]3CCc4ccccc43)CC2)nn1. The lowest BCUT2D eigenvalue weighted by atomic mass is 10.00. The Bertz CT molecular complexity index is 759. The highest BCUT2D eigenvalue weighted by Crippen LogP contribution is 2.34. The summed E-state index contributed by atoms with van der Waals surface area (Å²) in [5, 5.41) is 8.45. The highest BCUT2D eigenvalue weighted by molar-refractivity contribution is 5.85. The number of hydrogen-bond donors (Lipinski definition) is 0. The van der Waals surface area contributed by atoms with Crippen LogP contribution in [0.4, 0.5) is 5.82 Å². The number of fused-ring (bicyclic) bond motifs is 1. The molecule has 130 valence electrons. The van der Waals surface area contributed by atoms with E-state index >= 15 is 0 Å². The van der Waals surface area contributed by atoms with Crippen molar-refractivity contribution in [1.82, 2.24) is 15.1 Å². The van der Waals surface area contributed by atoms with Gasteiger partial charge in [-0.15, -0.1) is 5.10 Å². The predicted octanol–water partition coefficient (Wildman–Crippen LogP) is 2.55. The minimum Gasteiger partial charge on any atom is -0.353 e. The summed E-state index contributed by atoms with van der Waals surface area (Å²) in [6.07, 6.45) is 2.93. The van der Waals surface area contributed by atoms with Gasteiger partial charge in [-0.25, -0.2) is 0 Å². The van der Waals surface area contributed by atoms with E-state index in [0.717, 1.165) is 57.0 Å². The van der Waals surface area contributed by atoms with Crippen molar-refractivity contribution in [3.63, 3.8) is 0 Å². The number of nitrogens with zero attached hydrogens (tertiary/aromatic N) is 4. The fraction of sp³-hybridized carbons (Fsp3) is 0.450. The number of aryl methyl sites for hydroxylation is 2. The Hall–Kier alpha value is -2.43. The number of carbonyl (C=O) groups is 1. The first-order valence-corrected chi connectivity index (χ1v) is 9.14. The average molecular weight is 336 g/mol. The smallest absolute Gasteiger partial charge is 0.230 e. The second-order valence-electron chi connectivity index (χ2n) is 6.99. The Balaban J connectivity index is 1.44. The molecule has 0 radical (unpaired) electrons. The number of rotatable bonds is 2. The molecule has 25 heavy (non-hydrogen) atoms. The average Bonchev–Trinajstić information content (AvgIpc) is 2.91. The van der Waals surface area contributed by atoms with Crippen molar-refractivity contribution < 1.29 is 4.79 Å². The van der Waals surface area contributed by atoms with Crippen molar-refractivity contribution in [2.75, 3.05) is 31.1 Å². The number of anilines is 1. The molecule has 2 aliphatic rings. The van der Waals surface area contributed by atoms with Crippen LogP contribution in [0.2, 0.25) is 0 Å². The van der Waals surface area contributed by atoms with Crippen LogP contribution in [0.3, 0.4) is 0 Å². The van der Waals surface area contributed by atoms with E-state index < -0.39 is 0 Å². The first-order chi connectivity index (χ1) is 12.2. The fourth-order valence-corrected chi connectivity index (χ4v) is 3.96. The fourth-order valence-electron chi connectivity index (χ4n) is 3.96. The quantitative estimate of drug-likeness (QED) is 0.846. The van der Waals surface area contributed by atoms with Gasteiger partial charge in [0.25, 0.3) is 0 Å². The predicted molar refractivity (Wildman–Crippen MR) is 97.7 cm³/mol. The monoisotopic (exact) mass is 336 g/mol. The molecule has 0 bridgehead atoms. The summed E-state index contributed by atoms with van der Waals surface area (Å²) >= 11 is 0. The van der Waals surface area contributed by atoms with Gasteiger partial charge in [0.05, 0.1) is 11.6 Å². The van der Waals surface area contributed by atoms with Crippen molar-refractivity contribution >= 4 is 11.7 Å². The van der Waals surface area contributed by atoms with Crippen molar-refractivity contribution in [2.24, 2.45) is 0 Å². The van der Waals surface area contributed by atoms with Crippen molar-refractivity contribution in [2.45, 2.75) is 32.1 Å². The Labute approximate surface area is 148 Å². The van der Waals surface area contributed by atoms with Crippen molar-refractivity contribution in [1.29, 1.82) is 0 Å². The molecule has 1 saturated heterocycles. The van der Waals surface area contributed by atoms with Crippen LogP contribution in [0.5, 0.6) is 0 Å². The second kappa shape index (κ2) is 6.82. The molecule has 0 N–H and O–H groups in total. The number of amides is 1. The van der Waals surface area contributed by atoms with Crippen LogP contribution in [0, 0.1) is 6.92 Å². The molecule has 1 aromatic carbocycles. The number of hydrogen-bond acceptors (Lipinski definition) is 4. The normalized spacial score (nSPS) is 20.3. The molecular formula is C20H24N4O. The van der Waals surface area contributed by atoms with Gasteiger partial charge in [0.15, 0.2) is 5.82 Å². The lowest BCUT2D eigenvalue weighted by molar-refractivity contribution is -0.132. The maximum Gasteiger partial charge on any atom is 0.230 e. The van der Waals surface area contributed by atoms with Gasteiger partial charge in [-0.2, -0.15) is 5.10 Å². The van der Waals surface area contributed by atoms with E-state index in [1.54, 1.807) is 0 Å². The molecule has 5 heteroatoms. The van der Waals surface area contributed by atoms with Crippen LogP contribution in [0.25, 0.3) is 0 Å². The van der Waals surface area contributed by atoms with Crippen molar-refractivity contribution in [3.8, 4) is 0 Å². The number of aromatic nitrogens is 2. The van der Waals surface area contributed by atoms with E-state index in [0.29, 0.717) is 5.91 Å². The lowest BCUT2D eigenvalue weighted by Crippen LogP contribution is -2.38. The number of carbonyl (C=O) groups excluding carboxylic acids is 1. The minimum absolute atomic E-state index is 0.0434. The molecule has 0 unspecified atom stereocenters. The standard InChI is InChI=1S/C20H24N4O/c1-15-7-10-19(22-21-15)23-11-4-12-24(14-13-23)20(25)18-9-8-16-5-2-3-6-17(16)18/h2-3,5-7,10,18H,4,8-9,11-14H2,1H3/t18-/m0/s1. The molecule has 2 heterocycles. The third kappa shape index (κ3) is 3.23. The van der Waals surface area contributed by atoms with E-state index in [1.165, 1.54) is 11.1 Å². The van der Waals surface area contributed by atoms with Crippen LogP contribution in [-0.4, -0.2) is 47.2 Å². The van der Waals surface area contributed by atoms with E-state index in [-0.39, 0.29) is 5.92 Å². The highest BCUT2D eigenvalue weighted by atomic mass is 16.2. The van der Waals surface area contributed by atoms with Crippen LogP contribution < -0.4 is 4.90 Å². The van der Waals surface area contributed by atoms with Gasteiger partial charge in [0, 0.05) is 26.2 Å². The largest absolute Gasteiger partial charge is 0.353 e. The number of benzene rings is 1. The van der Waals surface area contributed by atoms with Crippen molar-refractivity contribution in [3.05, 3.63) is 53.2 Å². The molecule has 0 spiro atoms. The van der Waals surface area contributed by atoms with Gasteiger partial charge < -0.3 is 9.80 Å². The molecule has 5 nitrogen and oxygen atoms in total. The maximum absolute atomic E-state index is 13.1. The molecule has 1 aromatic heterocycles. The van der Waals surface area contributed by atoms with E-state index in [1.807, 2.05) is 30.0 Å². The van der Waals surface area contributed by atoms with Gasteiger partial charge in [-0.05, 0) is 49.4 Å². The van der Waals surface area contributed by atoms with Crippen LogP contribution in [0.15, 0.2) is 36.4 Å². The molecular weight excluding hydrogens is 312 g/mol. The highest BCUT2D eigenvalue weighted by Gasteiger charge is 2.32. The zero-order chi connectivity index (χ0) is 17.2. The second-order valence-corrected chi connectivity index (χ2v) is 6.99. The summed E-state index contributed by atoms with van der Waals surface area (Å²) in [7, 11) is 0. The summed E-state index contributed by atoms with van der Waals surface area (Å²) in [5.41, 5.74) is 3.50. The minimum atomic E-state index is 0.0434. The summed E-state index contributed by atoms with van der Waals surface area (Å²) in [6.45, 7) is 5.26. The summed E-state index contributed by atoms with van der Waals surface area (Å²) in [6, 6.07) is 12.4. The van der Waals surface area contributed by atoms with Gasteiger partial charge in [0.2, 0.25) is 5.91 Å². The topological polar surface area (TPSA) is 49.3 Å². The van der Waals surface area contributed by atoms with Gasteiger partial charge >= 0.3 is 0 Å². The lowest BCUT2D eigenvalue weighted by Gasteiger charge is -2.25. The van der Waals surface area contributed by atoms with E-state index in [4.69, 9.17) is 0 Å². The first kappa shape index (κ1) is 16.1. The van der Waals surface area contributed by atoms with Crippen LogP contribution >= 0.6 is 0 Å². The summed E-state index contributed by atoms with van der Waals surface area (Å²) in [4.78, 5) is 17.4. The molecule has 1 fully saturated rings.